The van der Waals surface area contributed by atoms with Crippen molar-refractivity contribution in [1.82, 2.24) is 10.0 Å². The first-order valence-corrected chi connectivity index (χ1v) is 7.55. The SMILES string of the molecule is COc1ccc(N=C2C(=Nc3ccc(OC)cc3)N(C)N2C)cc1. The van der Waals surface area contributed by atoms with E-state index in [9.17, 15) is 0 Å². The second-order valence-corrected chi connectivity index (χ2v) is 5.31. The summed E-state index contributed by atoms with van der Waals surface area (Å²) in [6.07, 6.45) is 0. The highest BCUT2D eigenvalue weighted by Crippen LogP contribution is 2.24. The first-order valence-electron chi connectivity index (χ1n) is 7.55. The Bertz CT molecular complexity index is 699. The maximum atomic E-state index is 5.17. The third-order valence-electron chi connectivity index (χ3n) is 3.88. The molecule has 2 aromatic rings. The summed E-state index contributed by atoms with van der Waals surface area (Å²) in [7, 11) is 7.20. The molecule has 24 heavy (non-hydrogen) atoms. The van der Waals surface area contributed by atoms with Crippen LogP contribution in [0.4, 0.5) is 11.4 Å². The summed E-state index contributed by atoms with van der Waals surface area (Å²) in [6.45, 7) is 0. The molecule has 0 aliphatic carbocycles. The number of amidine groups is 2. The zero-order valence-electron chi connectivity index (χ0n) is 14.2. The molecule has 3 rings (SSSR count). The van der Waals surface area contributed by atoms with Gasteiger partial charge in [-0.05, 0) is 48.5 Å². The molecule has 1 saturated heterocycles. The zero-order chi connectivity index (χ0) is 17.1. The van der Waals surface area contributed by atoms with Crippen LogP contribution in [0.2, 0.25) is 0 Å². The van der Waals surface area contributed by atoms with E-state index in [-0.39, 0.29) is 0 Å². The van der Waals surface area contributed by atoms with E-state index in [4.69, 9.17) is 9.47 Å². The van der Waals surface area contributed by atoms with Crippen LogP contribution >= 0.6 is 0 Å². The standard InChI is InChI=1S/C18H20N4O2/c1-21-17(19-13-5-9-15(23-3)10-6-13)18(22(21)2)20-14-7-11-16(24-4)12-8-14/h5-12H,1-4H3. The molecule has 0 bridgehead atoms. The fourth-order valence-electron chi connectivity index (χ4n) is 2.33. The number of hydrazine groups is 1. The molecule has 0 saturated carbocycles. The van der Waals surface area contributed by atoms with E-state index < -0.39 is 0 Å². The second-order valence-electron chi connectivity index (χ2n) is 5.31. The lowest BCUT2D eigenvalue weighted by molar-refractivity contribution is 0.173. The fraction of sp³-hybridized carbons (Fsp3) is 0.222. The van der Waals surface area contributed by atoms with Gasteiger partial charge in [0.15, 0.2) is 11.7 Å². The van der Waals surface area contributed by atoms with Gasteiger partial charge in [0, 0.05) is 14.1 Å². The van der Waals surface area contributed by atoms with Crippen LogP contribution in [-0.4, -0.2) is 50.0 Å². The smallest absolute Gasteiger partial charge is 0.193 e. The summed E-state index contributed by atoms with van der Waals surface area (Å²) in [5.74, 6) is 3.26. The number of benzene rings is 2. The number of aliphatic imine (C=N–C) groups is 2. The lowest BCUT2D eigenvalue weighted by Crippen LogP contribution is -2.62. The largest absolute Gasteiger partial charge is 0.497 e. The van der Waals surface area contributed by atoms with Gasteiger partial charge in [-0.25, -0.2) is 9.98 Å². The molecule has 0 radical (unpaired) electrons. The van der Waals surface area contributed by atoms with E-state index in [1.165, 1.54) is 0 Å². The highest BCUT2D eigenvalue weighted by atomic mass is 16.5. The lowest BCUT2D eigenvalue weighted by Gasteiger charge is -2.43. The van der Waals surface area contributed by atoms with E-state index in [2.05, 4.69) is 9.98 Å². The number of rotatable bonds is 4. The number of hydrogen-bond donors (Lipinski definition) is 0. The number of methoxy groups -OCH3 is 2. The van der Waals surface area contributed by atoms with Crippen LogP contribution in [0, 0.1) is 0 Å². The molecule has 0 N–H and O–H groups in total. The molecular formula is C18H20N4O2. The first kappa shape index (κ1) is 15.9. The van der Waals surface area contributed by atoms with E-state index >= 15 is 0 Å². The van der Waals surface area contributed by atoms with Gasteiger partial charge >= 0.3 is 0 Å². The molecule has 0 amide bonds. The Morgan fingerprint density at radius 3 is 1.25 bits per heavy atom. The quantitative estimate of drug-likeness (QED) is 0.866. The topological polar surface area (TPSA) is 49.7 Å². The van der Waals surface area contributed by atoms with Gasteiger partial charge in [-0.2, -0.15) is 0 Å². The maximum Gasteiger partial charge on any atom is 0.193 e. The summed E-state index contributed by atoms with van der Waals surface area (Å²) < 4.78 is 10.3. The average Bonchev–Trinajstić information content (AvgIpc) is 2.65. The van der Waals surface area contributed by atoms with Gasteiger partial charge < -0.3 is 9.47 Å². The molecule has 0 spiro atoms. The third kappa shape index (κ3) is 3.03. The van der Waals surface area contributed by atoms with Crippen LogP contribution in [0.3, 0.4) is 0 Å². The Kier molecular flexibility index (Phi) is 4.37. The monoisotopic (exact) mass is 324 g/mol. The highest BCUT2D eigenvalue weighted by Gasteiger charge is 2.33. The van der Waals surface area contributed by atoms with E-state index in [1.54, 1.807) is 14.2 Å². The normalized spacial score (nSPS) is 17.2. The maximum absolute atomic E-state index is 5.17. The summed E-state index contributed by atoms with van der Waals surface area (Å²) in [4.78, 5) is 9.34. The minimum atomic E-state index is 0.810. The third-order valence-corrected chi connectivity index (χ3v) is 3.88. The Morgan fingerprint density at radius 2 is 0.958 bits per heavy atom. The Hall–Kier alpha value is -3.02. The fourth-order valence-corrected chi connectivity index (χ4v) is 2.33. The van der Waals surface area contributed by atoms with Gasteiger partial charge in [0.1, 0.15) is 11.5 Å². The van der Waals surface area contributed by atoms with Gasteiger partial charge in [-0.15, -0.1) is 0 Å². The summed E-state index contributed by atoms with van der Waals surface area (Å²) in [5, 5.41) is 3.90. The zero-order valence-corrected chi connectivity index (χ0v) is 14.2. The van der Waals surface area contributed by atoms with Crippen LogP contribution in [0.1, 0.15) is 0 Å². The number of ether oxygens (including phenoxy) is 2. The van der Waals surface area contributed by atoms with E-state index in [0.29, 0.717) is 0 Å². The Labute approximate surface area is 141 Å². The van der Waals surface area contributed by atoms with Crippen molar-refractivity contribution in [3.05, 3.63) is 48.5 Å². The van der Waals surface area contributed by atoms with E-state index in [1.807, 2.05) is 72.6 Å². The van der Waals surface area contributed by atoms with Crippen LogP contribution in [-0.2, 0) is 0 Å². The number of hydrogen-bond acceptors (Lipinski definition) is 4. The summed E-state index contributed by atoms with van der Waals surface area (Å²) >= 11 is 0. The van der Waals surface area contributed by atoms with Crippen molar-refractivity contribution in [2.24, 2.45) is 9.98 Å². The molecule has 6 heteroatoms. The van der Waals surface area contributed by atoms with Gasteiger partial charge in [-0.3, -0.25) is 10.0 Å². The van der Waals surface area contributed by atoms with Gasteiger partial charge in [-0.1, -0.05) is 0 Å². The molecule has 6 nitrogen and oxygen atoms in total. The highest BCUT2D eigenvalue weighted by molar-refractivity contribution is 6.45. The van der Waals surface area contributed by atoms with Crippen molar-refractivity contribution in [2.45, 2.75) is 0 Å². The molecule has 1 aliphatic rings. The van der Waals surface area contributed by atoms with Gasteiger partial charge in [0.05, 0.1) is 25.6 Å². The van der Waals surface area contributed by atoms with Crippen molar-refractivity contribution in [1.29, 1.82) is 0 Å². The minimum absolute atomic E-state index is 0.810. The van der Waals surface area contributed by atoms with Gasteiger partial charge in [0.2, 0.25) is 0 Å². The molecule has 124 valence electrons. The Morgan fingerprint density at radius 1 is 0.625 bits per heavy atom. The van der Waals surface area contributed by atoms with Crippen molar-refractivity contribution in [3.63, 3.8) is 0 Å². The lowest BCUT2D eigenvalue weighted by atomic mass is 10.2. The molecule has 0 unspecified atom stereocenters. The second kappa shape index (κ2) is 6.62. The first-order chi connectivity index (χ1) is 11.6. The van der Waals surface area contributed by atoms with Crippen LogP contribution < -0.4 is 9.47 Å². The molecule has 1 fully saturated rings. The summed E-state index contributed by atoms with van der Waals surface area (Å²) in [6, 6.07) is 15.2. The van der Waals surface area contributed by atoms with Crippen LogP contribution in [0.5, 0.6) is 11.5 Å². The average molecular weight is 324 g/mol. The number of nitrogens with zero attached hydrogens (tertiary/aromatic N) is 4. The van der Waals surface area contributed by atoms with E-state index in [0.717, 1.165) is 34.5 Å². The predicted molar refractivity (Wildman–Crippen MR) is 95.7 cm³/mol. The Balaban J connectivity index is 1.87. The van der Waals surface area contributed by atoms with Gasteiger partial charge in [0.25, 0.3) is 0 Å². The van der Waals surface area contributed by atoms with Crippen molar-refractivity contribution in [3.8, 4) is 11.5 Å². The molecule has 1 aliphatic heterocycles. The van der Waals surface area contributed by atoms with Crippen LogP contribution in [0.15, 0.2) is 58.5 Å². The molecular weight excluding hydrogens is 304 g/mol. The molecule has 0 atom stereocenters. The van der Waals surface area contributed by atoms with Crippen molar-refractivity contribution >= 4 is 23.0 Å². The molecule has 2 aromatic carbocycles. The minimum Gasteiger partial charge on any atom is -0.497 e. The predicted octanol–water partition coefficient (Wildman–Crippen LogP) is 3.26. The van der Waals surface area contributed by atoms with Crippen LogP contribution in [0.25, 0.3) is 0 Å². The van der Waals surface area contributed by atoms with Crippen molar-refractivity contribution in [2.75, 3.05) is 28.3 Å². The molecule has 0 aromatic heterocycles. The molecule has 1 heterocycles. The van der Waals surface area contributed by atoms with Crippen molar-refractivity contribution < 1.29 is 9.47 Å². The number of likely N-dealkylation sites (N-methyl/N-ethyl adjacent to an activating group) is 2. The summed E-state index contributed by atoms with van der Waals surface area (Å²) in [5.41, 5.74) is 1.71.